The summed E-state index contributed by atoms with van der Waals surface area (Å²) in [5.74, 6) is 0.729. The Morgan fingerprint density at radius 2 is 1.88 bits per heavy atom. The van der Waals surface area contributed by atoms with Gasteiger partial charge in [0.25, 0.3) is 0 Å². The van der Waals surface area contributed by atoms with Crippen molar-refractivity contribution in [1.82, 2.24) is 9.78 Å². The van der Waals surface area contributed by atoms with Gasteiger partial charge < -0.3 is 5.73 Å². The van der Waals surface area contributed by atoms with Crippen molar-refractivity contribution in [2.75, 3.05) is 5.73 Å². The fourth-order valence-electron chi connectivity index (χ4n) is 1.57. The van der Waals surface area contributed by atoms with E-state index in [2.05, 4.69) is 5.10 Å². The highest BCUT2D eigenvalue weighted by Gasteiger charge is 2.07. The zero-order chi connectivity index (χ0) is 11.7. The number of nitrogen functional groups attached to an aromatic ring is 1. The molecule has 0 fully saturated rings. The van der Waals surface area contributed by atoms with Gasteiger partial charge in [0.05, 0.1) is 12.2 Å². The van der Waals surface area contributed by atoms with Crippen LogP contribution in [0.4, 0.5) is 5.82 Å². The average Bonchev–Trinajstić information content (AvgIpc) is 2.50. The second kappa shape index (κ2) is 4.18. The minimum atomic E-state index is 0.678. The Labute approximate surface area is 99.8 Å². The monoisotopic (exact) mass is 235 g/mol. The van der Waals surface area contributed by atoms with Gasteiger partial charge in [-0.25, -0.2) is 4.68 Å². The normalized spacial score (nSPS) is 10.7. The number of anilines is 1. The topological polar surface area (TPSA) is 43.8 Å². The average molecular weight is 236 g/mol. The van der Waals surface area contributed by atoms with Crippen molar-refractivity contribution in [1.29, 1.82) is 0 Å². The van der Waals surface area contributed by atoms with E-state index >= 15 is 0 Å². The molecule has 1 heterocycles. The van der Waals surface area contributed by atoms with Gasteiger partial charge in [0.15, 0.2) is 0 Å². The van der Waals surface area contributed by atoms with Crippen LogP contribution in [0.5, 0.6) is 0 Å². The second-order valence-corrected chi connectivity index (χ2v) is 4.32. The predicted octanol–water partition coefficient (Wildman–Crippen LogP) is 2.78. The van der Waals surface area contributed by atoms with Gasteiger partial charge in [-0.05, 0) is 31.5 Å². The molecule has 16 heavy (non-hydrogen) atoms. The van der Waals surface area contributed by atoms with E-state index in [1.165, 1.54) is 0 Å². The van der Waals surface area contributed by atoms with Crippen molar-refractivity contribution in [3.05, 3.63) is 46.1 Å². The summed E-state index contributed by atoms with van der Waals surface area (Å²) in [5.41, 5.74) is 9.12. The number of nitrogens with zero attached hydrogens (tertiary/aromatic N) is 2. The molecule has 0 amide bonds. The highest BCUT2D eigenvalue weighted by Crippen LogP contribution is 2.17. The van der Waals surface area contributed by atoms with Gasteiger partial charge in [0.2, 0.25) is 0 Å². The lowest BCUT2D eigenvalue weighted by Crippen LogP contribution is -2.06. The lowest BCUT2D eigenvalue weighted by Gasteiger charge is -2.04. The molecule has 0 spiro atoms. The minimum absolute atomic E-state index is 0.678. The summed E-state index contributed by atoms with van der Waals surface area (Å²) >= 11 is 5.83. The van der Waals surface area contributed by atoms with Crippen molar-refractivity contribution in [3.8, 4) is 0 Å². The van der Waals surface area contributed by atoms with Crippen LogP contribution in [0.2, 0.25) is 5.02 Å². The number of aryl methyl sites for hydroxylation is 1. The van der Waals surface area contributed by atoms with Crippen molar-refractivity contribution in [3.63, 3.8) is 0 Å². The van der Waals surface area contributed by atoms with E-state index in [1.807, 2.05) is 42.8 Å². The number of hydrogen-bond donors (Lipinski definition) is 1. The molecule has 0 saturated heterocycles. The summed E-state index contributed by atoms with van der Waals surface area (Å²) in [6.07, 6.45) is 0. The number of hydrogen-bond acceptors (Lipinski definition) is 2. The molecule has 2 N–H and O–H groups in total. The van der Waals surface area contributed by atoms with Crippen LogP contribution >= 0.6 is 11.6 Å². The molecule has 84 valence electrons. The smallest absolute Gasteiger partial charge is 0.125 e. The lowest BCUT2D eigenvalue weighted by atomic mass is 10.2. The molecule has 0 bridgehead atoms. The number of nitrogens with two attached hydrogens (primary N) is 1. The molecule has 0 saturated carbocycles. The Kier molecular flexibility index (Phi) is 2.88. The summed E-state index contributed by atoms with van der Waals surface area (Å²) in [6.45, 7) is 4.62. The van der Waals surface area contributed by atoms with E-state index in [0.29, 0.717) is 6.54 Å². The first kappa shape index (κ1) is 11.0. The van der Waals surface area contributed by atoms with Crippen molar-refractivity contribution in [2.24, 2.45) is 0 Å². The van der Waals surface area contributed by atoms with Crippen LogP contribution in [0, 0.1) is 13.8 Å². The predicted molar refractivity (Wildman–Crippen MR) is 66.7 cm³/mol. The molecule has 0 aliphatic rings. The van der Waals surface area contributed by atoms with E-state index in [4.69, 9.17) is 17.3 Å². The Bertz CT molecular complexity index is 500. The van der Waals surface area contributed by atoms with Crippen molar-refractivity contribution in [2.45, 2.75) is 20.4 Å². The summed E-state index contributed by atoms with van der Waals surface area (Å²) in [6, 6.07) is 7.70. The first-order chi connectivity index (χ1) is 7.58. The van der Waals surface area contributed by atoms with Crippen LogP contribution in [-0.2, 0) is 6.54 Å². The zero-order valence-electron chi connectivity index (χ0n) is 9.37. The maximum Gasteiger partial charge on any atom is 0.125 e. The van der Waals surface area contributed by atoms with Crippen molar-refractivity contribution < 1.29 is 0 Å². The minimum Gasteiger partial charge on any atom is -0.384 e. The maximum atomic E-state index is 5.96. The van der Waals surface area contributed by atoms with E-state index in [-0.39, 0.29) is 0 Å². The SMILES string of the molecule is Cc1nn(Cc2ccc(Cl)cc2)c(N)c1C. The third-order valence-electron chi connectivity index (χ3n) is 2.72. The summed E-state index contributed by atoms with van der Waals surface area (Å²) < 4.78 is 1.81. The first-order valence-corrected chi connectivity index (χ1v) is 5.49. The summed E-state index contributed by atoms with van der Waals surface area (Å²) in [7, 11) is 0. The standard InChI is InChI=1S/C12H14ClN3/c1-8-9(2)15-16(12(8)14)7-10-3-5-11(13)6-4-10/h3-6H,7,14H2,1-2H3. The van der Waals surface area contributed by atoms with Gasteiger partial charge in [-0.2, -0.15) is 5.10 Å². The number of aromatic nitrogens is 2. The van der Waals surface area contributed by atoms with Gasteiger partial charge in [-0.3, -0.25) is 0 Å². The fourth-order valence-corrected chi connectivity index (χ4v) is 1.70. The highest BCUT2D eigenvalue weighted by molar-refractivity contribution is 6.30. The lowest BCUT2D eigenvalue weighted by molar-refractivity contribution is 0.689. The largest absolute Gasteiger partial charge is 0.384 e. The van der Waals surface area contributed by atoms with E-state index in [0.717, 1.165) is 27.7 Å². The molecule has 1 aromatic carbocycles. The number of halogens is 1. The molecule has 0 aliphatic heterocycles. The van der Waals surface area contributed by atoms with Crippen LogP contribution < -0.4 is 5.73 Å². The van der Waals surface area contributed by atoms with Crippen molar-refractivity contribution >= 4 is 17.4 Å². The van der Waals surface area contributed by atoms with Crippen LogP contribution in [0.15, 0.2) is 24.3 Å². The molecule has 0 radical (unpaired) electrons. The van der Waals surface area contributed by atoms with Crippen LogP contribution in [0.1, 0.15) is 16.8 Å². The molecular formula is C12H14ClN3. The van der Waals surface area contributed by atoms with Crippen LogP contribution in [0.3, 0.4) is 0 Å². The van der Waals surface area contributed by atoms with Crippen LogP contribution in [0.25, 0.3) is 0 Å². The highest BCUT2D eigenvalue weighted by atomic mass is 35.5. The van der Waals surface area contributed by atoms with E-state index < -0.39 is 0 Å². The molecule has 1 aromatic heterocycles. The molecule has 3 nitrogen and oxygen atoms in total. The Hall–Kier alpha value is -1.48. The summed E-state index contributed by atoms with van der Waals surface area (Å²) in [4.78, 5) is 0. The zero-order valence-corrected chi connectivity index (χ0v) is 10.1. The molecule has 2 aromatic rings. The third kappa shape index (κ3) is 2.04. The third-order valence-corrected chi connectivity index (χ3v) is 2.97. The Balaban J connectivity index is 2.27. The van der Waals surface area contributed by atoms with Gasteiger partial charge in [-0.1, -0.05) is 23.7 Å². The number of rotatable bonds is 2. The maximum absolute atomic E-state index is 5.96. The Morgan fingerprint density at radius 1 is 1.25 bits per heavy atom. The molecule has 0 atom stereocenters. The molecule has 0 unspecified atom stereocenters. The Morgan fingerprint density at radius 3 is 2.38 bits per heavy atom. The van der Waals surface area contributed by atoms with Gasteiger partial charge in [0.1, 0.15) is 5.82 Å². The van der Waals surface area contributed by atoms with Gasteiger partial charge in [0, 0.05) is 10.6 Å². The van der Waals surface area contributed by atoms with Crippen LogP contribution in [-0.4, -0.2) is 9.78 Å². The van der Waals surface area contributed by atoms with E-state index in [9.17, 15) is 0 Å². The molecule has 0 aliphatic carbocycles. The quantitative estimate of drug-likeness (QED) is 0.870. The first-order valence-electron chi connectivity index (χ1n) is 5.12. The molecule has 2 rings (SSSR count). The summed E-state index contributed by atoms with van der Waals surface area (Å²) in [5, 5.41) is 5.13. The van der Waals surface area contributed by atoms with Gasteiger partial charge in [-0.15, -0.1) is 0 Å². The fraction of sp³-hybridized carbons (Fsp3) is 0.250. The van der Waals surface area contributed by atoms with Gasteiger partial charge >= 0.3 is 0 Å². The van der Waals surface area contributed by atoms with E-state index in [1.54, 1.807) is 0 Å². The number of benzene rings is 1. The molecular weight excluding hydrogens is 222 g/mol. The second-order valence-electron chi connectivity index (χ2n) is 3.88. The molecule has 4 heteroatoms.